The molecule has 0 atom stereocenters. The monoisotopic (exact) mass is 444 g/mol. The van der Waals surface area contributed by atoms with Crippen LogP contribution < -0.4 is 4.74 Å². The molecule has 148 valence electrons. The quantitative estimate of drug-likeness (QED) is 0.722. The van der Waals surface area contributed by atoms with Crippen molar-refractivity contribution in [3.05, 3.63) is 53.0 Å². The van der Waals surface area contributed by atoms with Gasteiger partial charge in [-0.05, 0) is 59.8 Å². The fraction of sp³-hybridized carbons (Fsp3) is 0.476. The summed E-state index contributed by atoms with van der Waals surface area (Å²) < 4.78 is 6.91. The summed E-state index contributed by atoms with van der Waals surface area (Å²) in [6.45, 7) is 3.74. The van der Waals surface area contributed by atoms with E-state index in [9.17, 15) is 4.79 Å². The summed E-state index contributed by atoms with van der Waals surface area (Å²) in [6, 6.07) is 6.24. The predicted octanol–water partition coefficient (Wildman–Crippen LogP) is 3.39. The van der Waals surface area contributed by atoms with Crippen LogP contribution in [0.4, 0.5) is 0 Å². The van der Waals surface area contributed by atoms with Gasteiger partial charge in [-0.25, -0.2) is 0 Å². The van der Waals surface area contributed by atoms with Gasteiger partial charge in [-0.2, -0.15) is 0 Å². The molecule has 0 spiro atoms. The number of hydrogen-bond donors (Lipinski definition) is 0. The number of aromatic nitrogens is 2. The molecule has 2 fully saturated rings. The van der Waals surface area contributed by atoms with Crippen molar-refractivity contribution in [1.82, 2.24) is 19.8 Å². The van der Waals surface area contributed by atoms with E-state index in [4.69, 9.17) is 4.74 Å². The van der Waals surface area contributed by atoms with Gasteiger partial charge in [0.05, 0.1) is 5.56 Å². The van der Waals surface area contributed by atoms with Crippen LogP contribution in [0.2, 0.25) is 0 Å². The number of nitrogens with zero attached hydrogens (tertiary/aromatic N) is 4. The van der Waals surface area contributed by atoms with Gasteiger partial charge in [0.15, 0.2) is 0 Å². The lowest BCUT2D eigenvalue weighted by atomic mass is 9.98. The second kappa shape index (κ2) is 9.01. The van der Waals surface area contributed by atoms with Gasteiger partial charge in [0, 0.05) is 61.5 Å². The van der Waals surface area contributed by atoms with E-state index in [0.717, 1.165) is 62.1 Å². The van der Waals surface area contributed by atoms with E-state index in [1.807, 2.05) is 23.1 Å². The van der Waals surface area contributed by atoms with E-state index >= 15 is 0 Å². The molecule has 0 saturated carbocycles. The highest BCUT2D eigenvalue weighted by Gasteiger charge is 2.30. The first-order valence-electron chi connectivity index (χ1n) is 9.89. The van der Waals surface area contributed by atoms with E-state index in [1.54, 1.807) is 24.8 Å². The van der Waals surface area contributed by atoms with E-state index in [2.05, 4.69) is 30.8 Å². The van der Waals surface area contributed by atoms with Crippen molar-refractivity contribution in [1.29, 1.82) is 0 Å². The van der Waals surface area contributed by atoms with Crippen LogP contribution >= 0.6 is 15.9 Å². The van der Waals surface area contributed by atoms with Crippen molar-refractivity contribution in [2.24, 2.45) is 0 Å². The summed E-state index contributed by atoms with van der Waals surface area (Å²) in [5.74, 6) is 0.985. The number of likely N-dealkylation sites (tertiary alicyclic amines) is 2. The number of carbonyl (C=O) groups is 1. The third kappa shape index (κ3) is 4.70. The molecule has 0 N–H and O–H groups in total. The van der Waals surface area contributed by atoms with Gasteiger partial charge in [-0.15, -0.1) is 0 Å². The minimum absolute atomic E-state index is 0.0803. The number of halogens is 1. The number of carbonyl (C=O) groups excluding carboxylic acids is 1. The summed E-state index contributed by atoms with van der Waals surface area (Å²) in [5, 5.41) is 0. The average Bonchev–Trinajstić information content (AvgIpc) is 2.75. The van der Waals surface area contributed by atoms with Gasteiger partial charge in [0.25, 0.3) is 5.91 Å². The maximum absolute atomic E-state index is 12.7. The van der Waals surface area contributed by atoms with Gasteiger partial charge in [-0.3, -0.25) is 19.7 Å². The third-order valence-electron chi connectivity index (χ3n) is 5.65. The Morgan fingerprint density at radius 3 is 2.39 bits per heavy atom. The lowest BCUT2D eigenvalue weighted by Crippen LogP contribution is -2.50. The smallest absolute Gasteiger partial charge is 0.255 e. The molecular formula is C21H25BrN4O2. The van der Waals surface area contributed by atoms with Crippen LogP contribution in [0.1, 0.15) is 36.0 Å². The Morgan fingerprint density at radius 1 is 1.00 bits per heavy atom. The zero-order valence-electron chi connectivity index (χ0n) is 15.8. The van der Waals surface area contributed by atoms with Crippen molar-refractivity contribution in [2.45, 2.75) is 37.8 Å². The Balaban J connectivity index is 1.24. The molecule has 0 bridgehead atoms. The zero-order chi connectivity index (χ0) is 19.3. The Bertz CT molecular complexity index is 788. The molecule has 0 aliphatic carbocycles. The summed E-state index contributed by atoms with van der Waals surface area (Å²) >= 11 is 3.39. The van der Waals surface area contributed by atoms with E-state index in [0.29, 0.717) is 11.6 Å². The number of piperidine rings is 2. The topological polar surface area (TPSA) is 58.6 Å². The molecular weight excluding hydrogens is 420 g/mol. The molecule has 4 rings (SSSR count). The Hall–Kier alpha value is -1.99. The van der Waals surface area contributed by atoms with Crippen LogP contribution in [0.5, 0.6) is 5.75 Å². The van der Waals surface area contributed by atoms with Gasteiger partial charge in [0.1, 0.15) is 11.9 Å². The fourth-order valence-corrected chi connectivity index (χ4v) is 4.48. The van der Waals surface area contributed by atoms with E-state index in [1.165, 1.54) is 0 Å². The van der Waals surface area contributed by atoms with Crippen LogP contribution in [0.25, 0.3) is 0 Å². The molecule has 0 radical (unpaired) electrons. The van der Waals surface area contributed by atoms with Gasteiger partial charge >= 0.3 is 0 Å². The molecule has 28 heavy (non-hydrogen) atoms. The maximum atomic E-state index is 12.7. The fourth-order valence-electron chi connectivity index (χ4n) is 4.11. The first-order valence-corrected chi connectivity index (χ1v) is 10.7. The zero-order valence-corrected chi connectivity index (χ0v) is 17.4. The molecule has 1 amide bonds. The van der Waals surface area contributed by atoms with Crippen molar-refractivity contribution in [3.63, 3.8) is 0 Å². The normalized spacial score (nSPS) is 19.5. The second-order valence-corrected chi connectivity index (χ2v) is 8.37. The van der Waals surface area contributed by atoms with Gasteiger partial charge in [-0.1, -0.05) is 0 Å². The van der Waals surface area contributed by atoms with Crippen molar-refractivity contribution in [3.8, 4) is 5.75 Å². The number of rotatable bonds is 4. The van der Waals surface area contributed by atoms with Crippen LogP contribution in [0, 0.1) is 0 Å². The van der Waals surface area contributed by atoms with E-state index < -0.39 is 0 Å². The number of pyridine rings is 2. The van der Waals surface area contributed by atoms with Crippen LogP contribution in [-0.2, 0) is 0 Å². The lowest BCUT2D eigenvalue weighted by molar-refractivity contribution is 0.0425. The lowest BCUT2D eigenvalue weighted by Gasteiger charge is -2.41. The molecule has 2 saturated heterocycles. The predicted molar refractivity (Wildman–Crippen MR) is 110 cm³/mol. The first kappa shape index (κ1) is 19.3. The highest BCUT2D eigenvalue weighted by Crippen LogP contribution is 2.24. The molecule has 0 aromatic carbocycles. The van der Waals surface area contributed by atoms with Crippen LogP contribution in [0.15, 0.2) is 47.5 Å². The van der Waals surface area contributed by atoms with Crippen molar-refractivity contribution >= 4 is 21.8 Å². The van der Waals surface area contributed by atoms with Gasteiger partial charge in [0.2, 0.25) is 0 Å². The highest BCUT2D eigenvalue weighted by atomic mass is 79.9. The minimum atomic E-state index is 0.0803. The first-order chi connectivity index (χ1) is 13.7. The molecule has 6 nitrogen and oxygen atoms in total. The standard InChI is InChI=1S/C21H25BrN4O2/c22-17-13-16(14-24-15-17)21(27)26-9-3-18(4-10-26)25-11-5-20(6-12-25)28-19-1-7-23-8-2-19/h1-2,7-8,13-15,18,20H,3-6,9-12H2. The van der Waals surface area contributed by atoms with Crippen molar-refractivity contribution < 1.29 is 9.53 Å². The highest BCUT2D eigenvalue weighted by molar-refractivity contribution is 9.10. The number of ether oxygens (including phenoxy) is 1. The summed E-state index contributed by atoms with van der Waals surface area (Å²) in [6.07, 6.45) is 11.3. The third-order valence-corrected chi connectivity index (χ3v) is 6.08. The van der Waals surface area contributed by atoms with Crippen LogP contribution in [0.3, 0.4) is 0 Å². The Kier molecular flexibility index (Phi) is 6.22. The number of amides is 1. The molecule has 2 aliphatic heterocycles. The Labute approximate surface area is 174 Å². The largest absolute Gasteiger partial charge is 0.490 e. The molecule has 7 heteroatoms. The number of hydrogen-bond acceptors (Lipinski definition) is 5. The molecule has 4 heterocycles. The Morgan fingerprint density at radius 2 is 1.71 bits per heavy atom. The second-order valence-electron chi connectivity index (χ2n) is 7.45. The molecule has 2 aliphatic rings. The van der Waals surface area contributed by atoms with Crippen LogP contribution in [-0.4, -0.2) is 64.0 Å². The molecule has 0 unspecified atom stereocenters. The SMILES string of the molecule is O=C(c1cncc(Br)c1)N1CCC(N2CCC(Oc3ccncc3)CC2)CC1. The van der Waals surface area contributed by atoms with Crippen molar-refractivity contribution in [2.75, 3.05) is 26.2 Å². The molecule has 2 aromatic rings. The minimum Gasteiger partial charge on any atom is -0.490 e. The maximum Gasteiger partial charge on any atom is 0.255 e. The van der Waals surface area contributed by atoms with Gasteiger partial charge < -0.3 is 9.64 Å². The summed E-state index contributed by atoms with van der Waals surface area (Å²) in [4.78, 5) is 25.4. The molecule has 2 aromatic heterocycles. The summed E-state index contributed by atoms with van der Waals surface area (Å²) in [7, 11) is 0. The van der Waals surface area contributed by atoms with E-state index in [-0.39, 0.29) is 12.0 Å². The average molecular weight is 445 g/mol. The summed E-state index contributed by atoms with van der Waals surface area (Å²) in [5.41, 5.74) is 0.655.